The van der Waals surface area contributed by atoms with Crippen LogP contribution in [0.15, 0.2) is 35.3 Å². The van der Waals surface area contributed by atoms with E-state index in [-0.39, 0.29) is 43.0 Å². The van der Waals surface area contributed by atoms with Crippen molar-refractivity contribution in [3.63, 3.8) is 0 Å². The highest BCUT2D eigenvalue weighted by Crippen LogP contribution is 2.21. The van der Waals surface area contributed by atoms with E-state index in [0.717, 1.165) is 58.3 Å². The number of amides is 1. The van der Waals surface area contributed by atoms with Crippen LogP contribution in [0.3, 0.4) is 0 Å². The molecule has 1 aliphatic heterocycles. The number of aliphatic imine (C=N–C) groups is 1. The largest absolute Gasteiger partial charge is 0.396 e. The van der Waals surface area contributed by atoms with E-state index in [9.17, 15) is 9.90 Å². The Balaban J connectivity index is 0.00000512. The lowest BCUT2D eigenvalue weighted by Gasteiger charge is -2.32. The van der Waals surface area contributed by atoms with E-state index >= 15 is 0 Å². The fraction of sp³-hybridized carbons (Fsp3) is 0.680. The molecule has 2 rings (SSSR count). The number of nitrogens with zero attached hydrogens (tertiary/aromatic N) is 2. The zero-order chi connectivity index (χ0) is 22.5. The normalized spacial score (nSPS) is 15.9. The number of aliphatic hydroxyl groups is 1. The highest BCUT2D eigenvalue weighted by atomic mass is 127. The first-order valence-corrected chi connectivity index (χ1v) is 12.0. The molecule has 1 atom stereocenters. The van der Waals surface area contributed by atoms with Crippen LogP contribution in [0.1, 0.15) is 52.0 Å². The predicted molar refractivity (Wildman–Crippen MR) is 143 cm³/mol. The second kappa shape index (κ2) is 16.3. The summed E-state index contributed by atoms with van der Waals surface area (Å²) >= 11 is 0. The Morgan fingerprint density at radius 1 is 1.19 bits per heavy atom. The second-order valence-corrected chi connectivity index (χ2v) is 9.10. The quantitative estimate of drug-likeness (QED) is 0.220. The Hall–Kier alpha value is -1.35. The number of benzene rings is 1. The zero-order valence-corrected chi connectivity index (χ0v) is 22.4. The number of halogens is 1. The van der Waals surface area contributed by atoms with Crippen LogP contribution in [0.5, 0.6) is 0 Å². The average molecular weight is 559 g/mol. The lowest BCUT2D eigenvalue weighted by Crippen LogP contribution is -2.43. The fourth-order valence-electron chi connectivity index (χ4n) is 4.32. The van der Waals surface area contributed by atoms with Crippen molar-refractivity contribution in [2.45, 2.75) is 52.9 Å². The molecule has 6 nitrogen and oxygen atoms in total. The molecule has 1 aromatic rings. The molecule has 0 bridgehead atoms. The minimum Gasteiger partial charge on any atom is -0.396 e. The van der Waals surface area contributed by atoms with E-state index in [1.165, 1.54) is 5.56 Å². The van der Waals surface area contributed by atoms with E-state index < -0.39 is 0 Å². The van der Waals surface area contributed by atoms with Gasteiger partial charge in [0, 0.05) is 32.8 Å². The number of likely N-dealkylation sites (tertiary alicyclic amines) is 1. The van der Waals surface area contributed by atoms with Crippen LogP contribution >= 0.6 is 24.0 Å². The molecule has 1 unspecified atom stereocenters. The maximum absolute atomic E-state index is 12.7. The lowest BCUT2D eigenvalue weighted by molar-refractivity contribution is -0.130. The number of nitrogens with one attached hydrogen (secondary N) is 2. The maximum Gasteiger partial charge on any atom is 0.244 e. The average Bonchev–Trinajstić information content (AvgIpc) is 2.76. The standard InChI is InChI=1S/C25H42N4O2.HI/c1-4-26-25(27-18-23(12-15-30)16-20(2)3)28-19-24(31)29-13-10-22(11-14-29)17-21-8-6-5-7-9-21;/h5-9,20,22-23,30H,4,10-19H2,1-3H3,(H2,26,27,28);1H. The molecule has 0 saturated carbocycles. The van der Waals surface area contributed by atoms with Gasteiger partial charge >= 0.3 is 0 Å². The molecule has 0 radical (unpaired) electrons. The molecule has 1 amide bonds. The van der Waals surface area contributed by atoms with E-state index in [0.29, 0.717) is 23.7 Å². The van der Waals surface area contributed by atoms with Gasteiger partial charge in [-0.05, 0) is 62.3 Å². The summed E-state index contributed by atoms with van der Waals surface area (Å²) in [5.74, 6) is 2.42. The van der Waals surface area contributed by atoms with Crippen molar-refractivity contribution < 1.29 is 9.90 Å². The van der Waals surface area contributed by atoms with Crippen molar-refractivity contribution in [1.82, 2.24) is 15.5 Å². The van der Waals surface area contributed by atoms with E-state index in [1.54, 1.807) is 0 Å². The van der Waals surface area contributed by atoms with Gasteiger partial charge < -0.3 is 20.6 Å². The van der Waals surface area contributed by atoms with E-state index in [2.05, 4.69) is 59.8 Å². The summed E-state index contributed by atoms with van der Waals surface area (Å²) in [5.41, 5.74) is 1.38. The Kier molecular flexibility index (Phi) is 14.6. The van der Waals surface area contributed by atoms with Gasteiger partial charge in [0.1, 0.15) is 6.54 Å². The van der Waals surface area contributed by atoms with Crippen LogP contribution in [-0.4, -0.2) is 61.2 Å². The summed E-state index contributed by atoms with van der Waals surface area (Å²) < 4.78 is 0. The Bertz CT molecular complexity index is 661. The first kappa shape index (κ1) is 28.7. The predicted octanol–water partition coefficient (Wildman–Crippen LogP) is 3.69. The van der Waals surface area contributed by atoms with Crippen LogP contribution < -0.4 is 10.6 Å². The number of hydrogen-bond donors (Lipinski definition) is 3. The van der Waals surface area contributed by atoms with Gasteiger partial charge in [0.05, 0.1) is 0 Å². The SMILES string of the molecule is CCNC(=NCC(=O)N1CCC(Cc2ccccc2)CC1)NCC(CCO)CC(C)C.I. The zero-order valence-electron chi connectivity index (χ0n) is 20.1. The van der Waals surface area contributed by atoms with Gasteiger partial charge in [-0.15, -0.1) is 24.0 Å². The topological polar surface area (TPSA) is 77.0 Å². The molecular weight excluding hydrogens is 515 g/mol. The number of rotatable bonds is 11. The van der Waals surface area contributed by atoms with Crippen molar-refractivity contribution in [3.05, 3.63) is 35.9 Å². The number of carbonyl (C=O) groups excluding carboxylic acids is 1. The number of piperidine rings is 1. The highest BCUT2D eigenvalue weighted by molar-refractivity contribution is 14.0. The molecule has 0 spiro atoms. The fourth-order valence-corrected chi connectivity index (χ4v) is 4.32. The van der Waals surface area contributed by atoms with Gasteiger partial charge in [-0.2, -0.15) is 0 Å². The number of guanidine groups is 1. The summed E-state index contributed by atoms with van der Waals surface area (Å²) in [6.45, 7) is 9.94. The van der Waals surface area contributed by atoms with Crippen molar-refractivity contribution >= 4 is 35.8 Å². The lowest BCUT2D eigenvalue weighted by atomic mass is 9.90. The minimum absolute atomic E-state index is 0. The molecule has 1 aromatic carbocycles. The Morgan fingerprint density at radius 3 is 2.47 bits per heavy atom. The molecule has 0 aromatic heterocycles. The molecular formula is C25H43IN4O2. The molecule has 3 N–H and O–H groups in total. The van der Waals surface area contributed by atoms with Crippen molar-refractivity contribution in [1.29, 1.82) is 0 Å². The van der Waals surface area contributed by atoms with Crippen LogP contribution in [0.25, 0.3) is 0 Å². The Morgan fingerprint density at radius 2 is 1.88 bits per heavy atom. The van der Waals surface area contributed by atoms with Gasteiger partial charge in [-0.3, -0.25) is 4.79 Å². The molecule has 0 aliphatic carbocycles. The monoisotopic (exact) mass is 558 g/mol. The van der Waals surface area contributed by atoms with Crippen molar-refractivity contribution in [2.75, 3.05) is 39.3 Å². The summed E-state index contributed by atoms with van der Waals surface area (Å²) in [4.78, 5) is 19.2. The van der Waals surface area contributed by atoms with E-state index in [1.807, 2.05) is 11.8 Å². The summed E-state index contributed by atoms with van der Waals surface area (Å²) in [5, 5.41) is 15.9. The van der Waals surface area contributed by atoms with Gasteiger partial charge in [0.25, 0.3) is 0 Å². The third kappa shape index (κ3) is 11.0. The van der Waals surface area contributed by atoms with Gasteiger partial charge in [-0.1, -0.05) is 44.2 Å². The number of aliphatic hydroxyl groups excluding tert-OH is 1. The smallest absolute Gasteiger partial charge is 0.244 e. The van der Waals surface area contributed by atoms with Crippen molar-refractivity contribution in [3.8, 4) is 0 Å². The first-order chi connectivity index (χ1) is 15.0. The third-order valence-corrected chi connectivity index (χ3v) is 5.95. The number of hydrogen-bond acceptors (Lipinski definition) is 3. The summed E-state index contributed by atoms with van der Waals surface area (Å²) in [6, 6.07) is 10.6. The molecule has 1 heterocycles. The summed E-state index contributed by atoms with van der Waals surface area (Å²) in [6.07, 6.45) is 5.05. The van der Waals surface area contributed by atoms with Crippen LogP contribution in [0.2, 0.25) is 0 Å². The van der Waals surface area contributed by atoms with Gasteiger partial charge in [0.2, 0.25) is 5.91 Å². The molecule has 1 aliphatic rings. The Labute approximate surface area is 211 Å². The number of carbonyl (C=O) groups is 1. The van der Waals surface area contributed by atoms with Crippen LogP contribution in [0, 0.1) is 17.8 Å². The summed E-state index contributed by atoms with van der Waals surface area (Å²) in [7, 11) is 0. The van der Waals surface area contributed by atoms with Crippen LogP contribution in [0.4, 0.5) is 0 Å². The third-order valence-electron chi connectivity index (χ3n) is 5.95. The van der Waals surface area contributed by atoms with E-state index in [4.69, 9.17) is 0 Å². The second-order valence-electron chi connectivity index (χ2n) is 9.10. The maximum atomic E-state index is 12.7. The highest BCUT2D eigenvalue weighted by Gasteiger charge is 2.22. The van der Waals surface area contributed by atoms with Gasteiger partial charge in [-0.25, -0.2) is 4.99 Å². The first-order valence-electron chi connectivity index (χ1n) is 12.0. The van der Waals surface area contributed by atoms with Crippen molar-refractivity contribution in [2.24, 2.45) is 22.7 Å². The molecule has 7 heteroatoms. The molecule has 1 saturated heterocycles. The molecule has 32 heavy (non-hydrogen) atoms. The van der Waals surface area contributed by atoms with Gasteiger partial charge in [0.15, 0.2) is 5.96 Å². The minimum atomic E-state index is 0. The molecule has 182 valence electrons. The molecule has 1 fully saturated rings. The van der Waals surface area contributed by atoms with Crippen LogP contribution in [-0.2, 0) is 11.2 Å².